The summed E-state index contributed by atoms with van der Waals surface area (Å²) in [6.45, 7) is -0.343. The van der Waals surface area contributed by atoms with Gasteiger partial charge < -0.3 is 5.11 Å². The molecule has 0 bridgehead atoms. The van der Waals surface area contributed by atoms with Crippen LogP contribution in [0.15, 0.2) is 0 Å². The van der Waals surface area contributed by atoms with Gasteiger partial charge in [-0.2, -0.15) is 13.2 Å². The van der Waals surface area contributed by atoms with Crippen molar-refractivity contribution >= 4 is 5.97 Å². The summed E-state index contributed by atoms with van der Waals surface area (Å²) in [6, 6.07) is 0. The van der Waals surface area contributed by atoms with E-state index in [9.17, 15) is 18.0 Å². The molecule has 0 saturated heterocycles. The standard InChI is InChI=1S/C8H9F3N4O2/c9-8(10,11)5-12-13-14-15(5)4-7(6(16)17)2-1-3-7/h1-4H2,(H,16,17). The van der Waals surface area contributed by atoms with Gasteiger partial charge in [0.1, 0.15) is 0 Å². The summed E-state index contributed by atoms with van der Waals surface area (Å²) in [7, 11) is 0. The molecule has 0 spiro atoms. The van der Waals surface area contributed by atoms with Gasteiger partial charge in [-0.05, 0) is 23.3 Å². The van der Waals surface area contributed by atoms with Gasteiger partial charge in [0.05, 0.1) is 12.0 Å². The summed E-state index contributed by atoms with van der Waals surface area (Å²) in [5, 5.41) is 18.0. The Balaban J connectivity index is 2.25. The van der Waals surface area contributed by atoms with Gasteiger partial charge in [-0.25, -0.2) is 4.68 Å². The molecule has 1 N–H and O–H groups in total. The normalized spacial score (nSPS) is 18.8. The molecule has 1 aliphatic rings. The number of alkyl halides is 3. The Kier molecular flexibility index (Phi) is 2.55. The summed E-state index contributed by atoms with van der Waals surface area (Å²) in [5.74, 6) is -2.36. The van der Waals surface area contributed by atoms with Crippen molar-refractivity contribution in [1.29, 1.82) is 0 Å². The zero-order valence-corrected chi connectivity index (χ0v) is 8.61. The van der Waals surface area contributed by atoms with E-state index in [2.05, 4.69) is 15.5 Å². The number of carboxylic acids is 1. The molecule has 0 atom stereocenters. The number of hydrogen-bond acceptors (Lipinski definition) is 4. The highest BCUT2D eigenvalue weighted by Gasteiger charge is 2.47. The summed E-state index contributed by atoms with van der Waals surface area (Å²) in [6.07, 6.45) is -3.29. The van der Waals surface area contributed by atoms with Gasteiger partial charge in [0.25, 0.3) is 5.82 Å². The third-order valence-corrected chi connectivity index (χ3v) is 3.00. The van der Waals surface area contributed by atoms with Crippen molar-refractivity contribution in [1.82, 2.24) is 20.2 Å². The van der Waals surface area contributed by atoms with Gasteiger partial charge in [0.2, 0.25) is 0 Å². The van der Waals surface area contributed by atoms with Crippen LogP contribution < -0.4 is 0 Å². The van der Waals surface area contributed by atoms with Crippen molar-refractivity contribution in [3.8, 4) is 0 Å². The number of aromatic nitrogens is 4. The van der Waals surface area contributed by atoms with Crippen molar-refractivity contribution < 1.29 is 23.1 Å². The highest BCUT2D eigenvalue weighted by Crippen LogP contribution is 2.43. The summed E-state index contributed by atoms with van der Waals surface area (Å²) in [5.41, 5.74) is -1.16. The van der Waals surface area contributed by atoms with E-state index in [1.165, 1.54) is 0 Å². The number of carbonyl (C=O) groups is 1. The van der Waals surface area contributed by atoms with E-state index in [1.807, 2.05) is 0 Å². The topological polar surface area (TPSA) is 80.9 Å². The van der Waals surface area contributed by atoms with E-state index < -0.39 is 23.4 Å². The maximum absolute atomic E-state index is 12.5. The van der Waals surface area contributed by atoms with Crippen LogP contribution in [0.5, 0.6) is 0 Å². The fourth-order valence-electron chi connectivity index (χ4n) is 1.84. The number of rotatable bonds is 3. The molecule has 94 valence electrons. The van der Waals surface area contributed by atoms with Crippen LogP contribution in [0.1, 0.15) is 25.1 Å². The van der Waals surface area contributed by atoms with Crippen LogP contribution in [0.25, 0.3) is 0 Å². The molecular formula is C8H9F3N4O2. The zero-order chi connectivity index (χ0) is 12.7. The molecule has 0 amide bonds. The number of carboxylic acid groups (broad SMARTS) is 1. The van der Waals surface area contributed by atoms with Gasteiger partial charge >= 0.3 is 12.1 Å². The maximum Gasteiger partial charge on any atom is 0.453 e. The lowest BCUT2D eigenvalue weighted by molar-refractivity contribution is -0.160. The second kappa shape index (κ2) is 3.67. The van der Waals surface area contributed by atoms with Crippen LogP contribution in [0, 0.1) is 5.41 Å². The van der Waals surface area contributed by atoms with E-state index in [4.69, 9.17) is 5.11 Å². The minimum atomic E-state index is -4.67. The smallest absolute Gasteiger partial charge is 0.453 e. The first-order valence-electron chi connectivity index (χ1n) is 4.92. The Bertz CT molecular complexity index is 438. The Hall–Kier alpha value is -1.67. The molecule has 9 heteroatoms. The lowest BCUT2D eigenvalue weighted by atomic mass is 9.69. The quantitative estimate of drug-likeness (QED) is 0.863. The molecule has 6 nitrogen and oxygen atoms in total. The minimum absolute atomic E-state index is 0.343. The van der Waals surface area contributed by atoms with Gasteiger partial charge in [-0.3, -0.25) is 4.79 Å². The highest BCUT2D eigenvalue weighted by atomic mass is 19.4. The van der Waals surface area contributed by atoms with Crippen molar-refractivity contribution in [2.75, 3.05) is 0 Å². The molecule has 1 aromatic heterocycles. The molecule has 1 heterocycles. The highest BCUT2D eigenvalue weighted by molar-refractivity contribution is 5.75. The first-order valence-corrected chi connectivity index (χ1v) is 4.92. The van der Waals surface area contributed by atoms with Crippen molar-refractivity contribution in [3.63, 3.8) is 0 Å². The lowest BCUT2D eigenvalue weighted by Crippen LogP contribution is -2.42. The number of tetrazole rings is 1. The van der Waals surface area contributed by atoms with Gasteiger partial charge in [-0.1, -0.05) is 6.42 Å². The first-order chi connectivity index (χ1) is 7.85. The zero-order valence-electron chi connectivity index (χ0n) is 8.61. The number of aliphatic carboxylic acids is 1. The van der Waals surface area contributed by atoms with Crippen LogP contribution in [0.2, 0.25) is 0 Å². The van der Waals surface area contributed by atoms with E-state index in [0.29, 0.717) is 23.9 Å². The second-order valence-corrected chi connectivity index (χ2v) is 4.10. The number of nitrogens with zero attached hydrogens (tertiary/aromatic N) is 4. The molecule has 0 radical (unpaired) electrons. The Morgan fingerprint density at radius 1 is 1.47 bits per heavy atom. The van der Waals surface area contributed by atoms with Gasteiger partial charge in [-0.15, -0.1) is 5.10 Å². The maximum atomic E-state index is 12.5. The summed E-state index contributed by atoms with van der Waals surface area (Å²) >= 11 is 0. The van der Waals surface area contributed by atoms with Crippen molar-refractivity contribution in [2.45, 2.75) is 32.0 Å². The molecule has 1 aromatic rings. The second-order valence-electron chi connectivity index (χ2n) is 4.10. The fourth-order valence-corrected chi connectivity index (χ4v) is 1.84. The third kappa shape index (κ3) is 1.96. The molecule has 0 aromatic carbocycles. The fraction of sp³-hybridized carbons (Fsp3) is 0.750. The van der Waals surface area contributed by atoms with Crippen LogP contribution in [-0.2, 0) is 17.5 Å². The average molecular weight is 250 g/mol. The predicted molar refractivity (Wildman–Crippen MR) is 46.7 cm³/mol. The van der Waals surface area contributed by atoms with Gasteiger partial charge in [0, 0.05) is 0 Å². The van der Waals surface area contributed by atoms with Gasteiger partial charge in [0.15, 0.2) is 0 Å². The lowest BCUT2D eigenvalue weighted by Gasteiger charge is -2.37. The molecular weight excluding hydrogens is 241 g/mol. The monoisotopic (exact) mass is 250 g/mol. The van der Waals surface area contributed by atoms with Crippen molar-refractivity contribution in [2.24, 2.45) is 5.41 Å². The van der Waals surface area contributed by atoms with Crippen LogP contribution in [-0.4, -0.2) is 31.3 Å². The summed E-state index contributed by atoms with van der Waals surface area (Å²) in [4.78, 5) is 11.0. The Labute approximate surface area is 93.4 Å². The minimum Gasteiger partial charge on any atom is -0.481 e. The van der Waals surface area contributed by atoms with Crippen LogP contribution in [0.4, 0.5) is 13.2 Å². The Morgan fingerprint density at radius 3 is 2.53 bits per heavy atom. The molecule has 1 saturated carbocycles. The number of hydrogen-bond donors (Lipinski definition) is 1. The number of halogens is 3. The predicted octanol–water partition coefficient (Wildman–Crippen LogP) is 0.947. The van der Waals surface area contributed by atoms with Crippen LogP contribution in [0.3, 0.4) is 0 Å². The van der Waals surface area contributed by atoms with E-state index in [0.717, 1.165) is 0 Å². The SMILES string of the molecule is O=C(O)C1(Cn2nnnc2C(F)(F)F)CCC1. The van der Waals surface area contributed by atoms with Crippen molar-refractivity contribution in [3.05, 3.63) is 5.82 Å². The van der Waals surface area contributed by atoms with E-state index in [-0.39, 0.29) is 6.54 Å². The molecule has 17 heavy (non-hydrogen) atoms. The molecule has 1 fully saturated rings. The average Bonchev–Trinajstić information content (AvgIpc) is 2.57. The molecule has 1 aliphatic carbocycles. The molecule has 0 aliphatic heterocycles. The first kappa shape index (κ1) is 11.8. The third-order valence-electron chi connectivity index (χ3n) is 3.00. The van der Waals surface area contributed by atoms with Crippen LogP contribution >= 0.6 is 0 Å². The molecule has 2 rings (SSSR count). The summed E-state index contributed by atoms with van der Waals surface area (Å²) < 4.78 is 37.9. The largest absolute Gasteiger partial charge is 0.481 e. The van der Waals surface area contributed by atoms with E-state index in [1.54, 1.807) is 0 Å². The Morgan fingerprint density at radius 2 is 2.12 bits per heavy atom. The van der Waals surface area contributed by atoms with E-state index >= 15 is 0 Å². The molecule has 0 unspecified atom stereocenters.